The molecule has 0 radical (unpaired) electrons. The number of hydrogen-bond donors (Lipinski definition) is 0. The summed E-state index contributed by atoms with van der Waals surface area (Å²) in [6, 6.07) is 9.10. The van der Waals surface area contributed by atoms with E-state index in [2.05, 4.69) is 22.0 Å². The second kappa shape index (κ2) is 9.59. The van der Waals surface area contributed by atoms with Crippen LogP contribution in [0.2, 0.25) is 0 Å². The van der Waals surface area contributed by atoms with Gasteiger partial charge in [-0.2, -0.15) is 13.2 Å². The fourth-order valence-corrected chi connectivity index (χ4v) is 2.85. The van der Waals surface area contributed by atoms with Crippen LogP contribution in [0.15, 0.2) is 54.7 Å². The largest absolute Gasteiger partial charge is 0.494 e. The van der Waals surface area contributed by atoms with E-state index in [0.717, 1.165) is 56.9 Å². The Hall–Kier alpha value is -2.54. The lowest BCUT2D eigenvalue weighted by Gasteiger charge is -2.22. The van der Waals surface area contributed by atoms with Crippen LogP contribution < -0.4 is 9.47 Å². The molecule has 3 rings (SSSR count). The number of halogens is 3. The van der Waals surface area contributed by atoms with Crippen molar-refractivity contribution < 1.29 is 22.6 Å². The number of ether oxygens (including phenoxy) is 2. The number of nitrogens with zero attached hydrogens (tertiary/aromatic N) is 2. The average Bonchev–Trinajstić information content (AvgIpc) is 2.69. The maximum atomic E-state index is 12.5. The van der Waals surface area contributed by atoms with Crippen molar-refractivity contribution in [2.45, 2.75) is 25.4 Å². The van der Waals surface area contributed by atoms with E-state index in [1.54, 1.807) is 24.3 Å². The molecule has 0 atom stereocenters. The van der Waals surface area contributed by atoms with Gasteiger partial charge in [-0.15, -0.1) is 0 Å². The second-order valence-electron chi connectivity index (χ2n) is 6.57. The van der Waals surface area contributed by atoms with E-state index in [9.17, 15) is 13.2 Å². The van der Waals surface area contributed by atoms with E-state index < -0.39 is 11.7 Å². The molecule has 0 N–H and O–H groups in total. The molecule has 0 spiro atoms. The lowest BCUT2D eigenvalue weighted by atomic mass is 10.2. The van der Waals surface area contributed by atoms with Crippen LogP contribution in [-0.4, -0.2) is 36.1 Å². The zero-order valence-corrected chi connectivity index (χ0v) is 15.5. The molecule has 7 heteroatoms. The molecule has 0 unspecified atom stereocenters. The van der Waals surface area contributed by atoms with Crippen molar-refractivity contribution in [3.63, 3.8) is 0 Å². The topological polar surface area (TPSA) is 34.6 Å². The highest BCUT2D eigenvalue weighted by atomic mass is 19.4. The summed E-state index contributed by atoms with van der Waals surface area (Å²) in [5, 5.41) is 0. The third kappa shape index (κ3) is 6.27. The van der Waals surface area contributed by atoms with E-state index in [1.165, 1.54) is 6.07 Å². The van der Waals surface area contributed by atoms with Gasteiger partial charge in [-0.05, 0) is 56.1 Å². The Kier molecular flexibility index (Phi) is 6.92. The molecule has 4 nitrogen and oxygen atoms in total. The molecular weight excluding hydrogens is 369 g/mol. The van der Waals surface area contributed by atoms with Gasteiger partial charge in [0.05, 0.1) is 12.2 Å². The predicted octanol–water partition coefficient (Wildman–Crippen LogP) is 5.31. The Morgan fingerprint density at radius 3 is 2.39 bits per heavy atom. The van der Waals surface area contributed by atoms with Crippen LogP contribution in [0, 0.1) is 0 Å². The Labute approximate surface area is 162 Å². The lowest BCUT2D eigenvalue weighted by Crippen LogP contribution is -2.28. The maximum Gasteiger partial charge on any atom is 0.417 e. The molecular formula is C21H23F3N2O2. The second-order valence-corrected chi connectivity index (χ2v) is 6.57. The van der Waals surface area contributed by atoms with Gasteiger partial charge in [0.25, 0.3) is 0 Å². The predicted molar refractivity (Wildman–Crippen MR) is 101 cm³/mol. The molecule has 0 bridgehead atoms. The lowest BCUT2D eigenvalue weighted by molar-refractivity contribution is -0.137. The first kappa shape index (κ1) is 20.2. The molecule has 2 heterocycles. The van der Waals surface area contributed by atoms with Crippen LogP contribution in [0.1, 0.15) is 24.8 Å². The van der Waals surface area contributed by atoms with Crippen LogP contribution in [0.25, 0.3) is 0 Å². The van der Waals surface area contributed by atoms with Crippen LogP contribution in [0.3, 0.4) is 0 Å². The third-order valence-corrected chi connectivity index (χ3v) is 4.39. The molecule has 150 valence electrons. The molecule has 0 fully saturated rings. The van der Waals surface area contributed by atoms with Gasteiger partial charge in [-0.25, -0.2) is 4.98 Å². The average molecular weight is 392 g/mol. The van der Waals surface area contributed by atoms with Gasteiger partial charge >= 0.3 is 6.18 Å². The number of pyridine rings is 1. The van der Waals surface area contributed by atoms with Crippen molar-refractivity contribution >= 4 is 0 Å². The Balaban J connectivity index is 1.39. The Morgan fingerprint density at radius 2 is 1.75 bits per heavy atom. The van der Waals surface area contributed by atoms with Crippen molar-refractivity contribution in [1.29, 1.82) is 0 Å². The van der Waals surface area contributed by atoms with Gasteiger partial charge in [0.1, 0.15) is 11.5 Å². The minimum atomic E-state index is -4.41. The van der Waals surface area contributed by atoms with E-state index in [1.807, 2.05) is 0 Å². The third-order valence-electron chi connectivity index (χ3n) is 4.39. The first-order valence-electron chi connectivity index (χ1n) is 9.32. The summed E-state index contributed by atoms with van der Waals surface area (Å²) >= 11 is 0. The highest BCUT2D eigenvalue weighted by molar-refractivity contribution is 5.34. The fourth-order valence-electron chi connectivity index (χ4n) is 2.85. The molecule has 1 aromatic heterocycles. The summed E-state index contributed by atoms with van der Waals surface area (Å²) in [5.41, 5.74) is -0.805. The highest BCUT2D eigenvalue weighted by Crippen LogP contribution is 2.30. The Bertz CT molecular complexity index is 759. The molecule has 2 aromatic rings. The van der Waals surface area contributed by atoms with Gasteiger partial charge in [0.2, 0.25) is 5.88 Å². The number of aromatic nitrogens is 1. The first-order chi connectivity index (χ1) is 13.5. The molecule has 0 aliphatic carbocycles. The number of benzene rings is 1. The van der Waals surface area contributed by atoms with E-state index >= 15 is 0 Å². The SMILES string of the molecule is FC(F)(F)c1ccc(Oc2ccc(OCCCCN3CC=CCC3)cc2)nc1. The molecule has 0 amide bonds. The minimum absolute atomic E-state index is 0.106. The normalized spacial score (nSPS) is 14.8. The maximum absolute atomic E-state index is 12.5. The zero-order chi connectivity index (χ0) is 19.8. The molecule has 1 aliphatic rings. The van der Waals surface area contributed by atoms with Crippen LogP contribution in [-0.2, 0) is 6.18 Å². The minimum Gasteiger partial charge on any atom is -0.494 e. The van der Waals surface area contributed by atoms with Crippen molar-refractivity contribution in [2.24, 2.45) is 0 Å². The quantitative estimate of drug-likeness (QED) is 0.450. The van der Waals surface area contributed by atoms with Gasteiger partial charge < -0.3 is 9.47 Å². The standard InChI is InChI=1S/C21H23F3N2O2/c22-21(23,24)17-6-11-20(25-16-17)28-19-9-7-18(8-10-19)27-15-5-4-14-26-12-2-1-3-13-26/h1-2,6-11,16H,3-5,12-15H2. The number of rotatable bonds is 8. The molecule has 0 saturated heterocycles. The summed E-state index contributed by atoms with van der Waals surface area (Å²) in [5.74, 6) is 1.32. The summed E-state index contributed by atoms with van der Waals surface area (Å²) in [6.45, 7) is 3.90. The van der Waals surface area contributed by atoms with Gasteiger partial charge in [-0.3, -0.25) is 4.90 Å². The number of hydrogen-bond acceptors (Lipinski definition) is 4. The summed E-state index contributed by atoms with van der Waals surface area (Å²) in [7, 11) is 0. The molecule has 1 aliphatic heterocycles. The van der Waals surface area contributed by atoms with E-state index in [0.29, 0.717) is 12.4 Å². The van der Waals surface area contributed by atoms with Gasteiger partial charge in [0, 0.05) is 25.4 Å². The number of alkyl halides is 3. The van der Waals surface area contributed by atoms with Gasteiger partial charge in [0.15, 0.2) is 0 Å². The smallest absolute Gasteiger partial charge is 0.417 e. The summed E-state index contributed by atoms with van der Waals surface area (Å²) in [4.78, 5) is 6.12. The highest BCUT2D eigenvalue weighted by Gasteiger charge is 2.30. The molecule has 28 heavy (non-hydrogen) atoms. The summed E-state index contributed by atoms with van der Waals surface area (Å²) in [6.07, 6.45) is 3.99. The number of unbranched alkanes of at least 4 members (excludes halogenated alkanes) is 1. The van der Waals surface area contributed by atoms with E-state index in [-0.39, 0.29) is 5.88 Å². The fraction of sp³-hybridized carbons (Fsp3) is 0.381. The summed E-state index contributed by atoms with van der Waals surface area (Å²) < 4.78 is 48.8. The van der Waals surface area contributed by atoms with Crippen molar-refractivity contribution in [2.75, 3.05) is 26.2 Å². The monoisotopic (exact) mass is 392 g/mol. The van der Waals surface area contributed by atoms with E-state index in [4.69, 9.17) is 9.47 Å². The van der Waals surface area contributed by atoms with Crippen LogP contribution >= 0.6 is 0 Å². The molecule has 0 saturated carbocycles. The van der Waals surface area contributed by atoms with Crippen LogP contribution in [0.4, 0.5) is 13.2 Å². The van der Waals surface area contributed by atoms with Crippen molar-refractivity contribution in [3.8, 4) is 17.4 Å². The zero-order valence-electron chi connectivity index (χ0n) is 15.5. The van der Waals surface area contributed by atoms with Crippen molar-refractivity contribution in [1.82, 2.24) is 9.88 Å². The van der Waals surface area contributed by atoms with Crippen LogP contribution in [0.5, 0.6) is 17.4 Å². The molecule has 1 aromatic carbocycles. The van der Waals surface area contributed by atoms with Gasteiger partial charge in [-0.1, -0.05) is 12.2 Å². The van der Waals surface area contributed by atoms with Crippen molar-refractivity contribution in [3.05, 3.63) is 60.3 Å². The Morgan fingerprint density at radius 1 is 0.964 bits per heavy atom. The first-order valence-corrected chi connectivity index (χ1v) is 9.32.